The van der Waals surface area contributed by atoms with Crippen molar-refractivity contribution in [2.24, 2.45) is 0 Å². The molecule has 0 bridgehead atoms. The molecule has 1 N–H and O–H groups in total. The first-order valence-corrected chi connectivity index (χ1v) is 8.98. The number of hydrogen-bond acceptors (Lipinski definition) is 4. The van der Waals surface area contributed by atoms with Crippen LogP contribution >= 0.6 is 0 Å². The number of rotatable bonds is 10. The van der Waals surface area contributed by atoms with Gasteiger partial charge in [0.25, 0.3) is 0 Å². The van der Waals surface area contributed by atoms with Crippen LogP contribution in [0.3, 0.4) is 0 Å². The van der Waals surface area contributed by atoms with Crippen LogP contribution in [0.15, 0.2) is 24.3 Å². The second-order valence-electron chi connectivity index (χ2n) is 6.20. The molecule has 0 amide bonds. The Morgan fingerprint density at radius 2 is 1.87 bits per heavy atom. The summed E-state index contributed by atoms with van der Waals surface area (Å²) in [7, 11) is 0. The summed E-state index contributed by atoms with van der Waals surface area (Å²) < 4.78 is 5.72. The van der Waals surface area contributed by atoms with Crippen molar-refractivity contribution in [1.82, 2.24) is 10.2 Å². The lowest BCUT2D eigenvalue weighted by atomic mass is 10.1. The first-order chi connectivity index (χ1) is 11.3. The fourth-order valence-electron chi connectivity index (χ4n) is 2.79. The average Bonchev–Trinajstić information content (AvgIpc) is 2.61. The summed E-state index contributed by atoms with van der Waals surface area (Å²) in [6, 6.07) is 7.61. The van der Waals surface area contributed by atoms with Crippen LogP contribution in [-0.4, -0.2) is 50.0 Å². The van der Waals surface area contributed by atoms with Crippen molar-refractivity contribution in [2.75, 3.05) is 39.3 Å². The second kappa shape index (κ2) is 10.4. The van der Waals surface area contributed by atoms with Gasteiger partial charge in [-0.25, -0.2) is 0 Å². The van der Waals surface area contributed by atoms with E-state index >= 15 is 0 Å². The Morgan fingerprint density at radius 1 is 1.13 bits per heavy atom. The number of nitrogens with one attached hydrogen (secondary N) is 1. The van der Waals surface area contributed by atoms with E-state index in [1.165, 1.54) is 19.3 Å². The van der Waals surface area contributed by atoms with Gasteiger partial charge in [-0.1, -0.05) is 26.2 Å². The van der Waals surface area contributed by atoms with Crippen LogP contribution in [-0.2, 0) is 0 Å². The largest absolute Gasteiger partial charge is 0.494 e. The summed E-state index contributed by atoms with van der Waals surface area (Å²) in [5, 5.41) is 3.33. The third-order valence-electron chi connectivity index (χ3n) is 4.31. The smallest absolute Gasteiger partial charge is 0.164 e. The molecule has 128 valence electrons. The normalized spacial score (nSPS) is 15.5. The third-order valence-corrected chi connectivity index (χ3v) is 4.31. The number of carbonyl (C=O) groups is 1. The Labute approximate surface area is 140 Å². The molecule has 0 spiro atoms. The monoisotopic (exact) mass is 318 g/mol. The number of ketones is 1. The van der Waals surface area contributed by atoms with Gasteiger partial charge in [-0.05, 0) is 30.7 Å². The van der Waals surface area contributed by atoms with Crippen molar-refractivity contribution in [3.63, 3.8) is 0 Å². The van der Waals surface area contributed by atoms with Crippen molar-refractivity contribution < 1.29 is 9.53 Å². The molecule has 1 aliphatic rings. The minimum Gasteiger partial charge on any atom is -0.494 e. The number of ether oxygens (including phenoxy) is 1. The predicted octanol–water partition coefficient (Wildman–Crippen LogP) is 3.12. The highest BCUT2D eigenvalue weighted by Gasteiger charge is 2.12. The topological polar surface area (TPSA) is 41.6 Å². The molecule has 0 unspecified atom stereocenters. The molecule has 1 saturated heterocycles. The lowest BCUT2D eigenvalue weighted by molar-refractivity contribution is 0.0960. The Hall–Kier alpha value is -1.39. The van der Waals surface area contributed by atoms with Crippen molar-refractivity contribution in [2.45, 2.75) is 39.0 Å². The van der Waals surface area contributed by atoms with Crippen LogP contribution in [0.5, 0.6) is 5.75 Å². The lowest BCUT2D eigenvalue weighted by Crippen LogP contribution is -2.44. The summed E-state index contributed by atoms with van der Waals surface area (Å²) in [5.74, 6) is 1.08. The minimum absolute atomic E-state index is 0.220. The molecule has 0 atom stereocenters. The predicted molar refractivity (Wildman–Crippen MR) is 94.3 cm³/mol. The molecule has 23 heavy (non-hydrogen) atoms. The minimum atomic E-state index is 0.220. The molecule has 4 heteroatoms. The number of benzene rings is 1. The van der Waals surface area contributed by atoms with Gasteiger partial charge in [0.05, 0.1) is 6.61 Å². The SMILES string of the molecule is CCCCCCOc1ccc(C(=O)CCN2CCNCC2)cc1. The maximum atomic E-state index is 12.2. The van der Waals surface area contributed by atoms with Crippen molar-refractivity contribution in [1.29, 1.82) is 0 Å². The first kappa shape index (κ1) is 18.0. The molecule has 0 saturated carbocycles. The van der Waals surface area contributed by atoms with Crippen LogP contribution in [0.4, 0.5) is 0 Å². The van der Waals surface area contributed by atoms with Crippen LogP contribution in [0.25, 0.3) is 0 Å². The van der Waals surface area contributed by atoms with Crippen LogP contribution < -0.4 is 10.1 Å². The van der Waals surface area contributed by atoms with Gasteiger partial charge in [-0.2, -0.15) is 0 Å². The van der Waals surface area contributed by atoms with Crippen molar-refractivity contribution in [3.8, 4) is 5.75 Å². The van der Waals surface area contributed by atoms with Gasteiger partial charge in [0, 0.05) is 44.7 Å². The van der Waals surface area contributed by atoms with Gasteiger partial charge in [0.15, 0.2) is 5.78 Å². The van der Waals surface area contributed by atoms with Gasteiger partial charge < -0.3 is 15.0 Å². The van der Waals surface area contributed by atoms with E-state index < -0.39 is 0 Å². The van der Waals surface area contributed by atoms with E-state index in [0.29, 0.717) is 6.42 Å². The van der Waals surface area contributed by atoms with E-state index in [-0.39, 0.29) is 5.78 Å². The van der Waals surface area contributed by atoms with E-state index in [2.05, 4.69) is 17.1 Å². The molecule has 1 aromatic carbocycles. The summed E-state index contributed by atoms with van der Waals surface area (Å²) in [6.45, 7) is 7.96. The van der Waals surface area contributed by atoms with E-state index in [1.807, 2.05) is 24.3 Å². The van der Waals surface area contributed by atoms with Crippen LogP contribution in [0.2, 0.25) is 0 Å². The maximum Gasteiger partial charge on any atom is 0.164 e. The Bertz CT molecular complexity index is 453. The summed E-state index contributed by atoms with van der Waals surface area (Å²) in [4.78, 5) is 14.6. The van der Waals surface area contributed by atoms with Crippen LogP contribution in [0.1, 0.15) is 49.4 Å². The van der Waals surface area contributed by atoms with Crippen LogP contribution in [0, 0.1) is 0 Å². The molecule has 4 nitrogen and oxygen atoms in total. The van der Waals surface area contributed by atoms with E-state index in [4.69, 9.17) is 4.74 Å². The maximum absolute atomic E-state index is 12.2. The van der Waals surface area contributed by atoms with E-state index in [1.54, 1.807) is 0 Å². The van der Waals surface area contributed by atoms with Gasteiger partial charge >= 0.3 is 0 Å². The standard InChI is InChI=1S/C19H30N2O2/c1-2-3-4-5-16-23-18-8-6-17(7-9-18)19(22)10-13-21-14-11-20-12-15-21/h6-9,20H,2-5,10-16H2,1H3. The van der Waals surface area contributed by atoms with E-state index in [0.717, 1.165) is 57.1 Å². The fourth-order valence-corrected chi connectivity index (χ4v) is 2.79. The van der Waals surface area contributed by atoms with E-state index in [9.17, 15) is 4.79 Å². The number of Topliss-reactive ketones (excluding diaryl/α,β-unsaturated/α-hetero) is 1. The van der Waals surface area contributed by atoms with Gasteiger partial charge in [-0.3, -0.25) is 4.79 Å². The molecule has 1 aliphatic heterocycles. The summed E-state index contributed by atoms with van der Waals surface area (Å²) in [6.07, 6.45) is 5.42. The van der Waals surface area contributed by atoms with Crippen molar-refractivity contribution >= 4 is 5.78 Å². The number of nitrogens with zero attached hydrogens (tertiary/aromatic N) is 1. The Morgan fingerprint density at radius 3 is 2.57 bits per heavy atom. The third kappa shape index (κ3) is 6.71. The molecule has 1 fully saturated rings. The number of carbonyl (C=O) groups excluding carboxylic acids is 1. The molecular weight excluding hydrogens is 288 g/mol. The quantitative estimate of drug-likeness (QED) is 0.531. The highest BCUT2D eigenvalue weighted by molar-refractivity contribution is 5.96. The lowest BCUT2D eigenvalue weighted by Gasteiger charge is -2.26. The molecular formula is C19H30N2O2. The molecule has 0 aromatic heterocycles. The second-order valence-corrected chi connectivity index (χ2v) is 6.20. The zero-order chi connectivity index (χ0) is 16.3. The van der Waals surface area contributed by atoms with Crippen molar-refractivity contribution in [3.05, 3.63) is 29.8 Å². The molecule has 2 rings (SSSR count). The zero-order valence-corrected chi connectivity index (χ0v) is 14.4. The molecule has 0 aliphatic carbocycles. The Kier molecular flexibility index (Phi) is 8.12. The van der Waals surface area contributed by atoms with Gasteiger partial charge in [0.1, 0.15) is 5.75 Å². The summed E-state index contributed by atoms with van der Waals surface area (Å²) in [5.41, 5.74) is 0.790. The first-order valence-electron chi connectivity index (χ1n) is 8.98. The number of piperazine rings is 1. The highest BCUT2D eigenvalue weighted by atomic mass is 16.5. The average molecular weight is 318 g/mol. The fraction of sp³-hybridized carbons (Fsp3) is 0.632. The van der Waals surface area contributed by atoms with Gasteiger partial charge in [0.2, 0.25) is 0 Å². The molecule has 1 aromatic rings. The zero-order valence-electron chi connectivity index (χ0n) is 14.4. The molecule has 0 radical (unpaired) electrons. The number of hydrogen-bond donors (Lipinski definition) is 1. The highest BCUT2D eigenvalue weighted by Crippen LogP contribution is 2.14. The number of unbranched alkanes of at least 4 members (excludes halogenated alkanes) is 3. The molecule has 1 heterocycles. The summed E-state index contributed by atoms with van der Waals surface area (Å²) >= 11 is 0. The van der Waals surface area contributed by atoms with Gasteiger partial charge in [-0.15, -0.1) is 0 Å². The Balaban J connectivity index is 1.69.